The summed E-state index contributed by atoms with van der Waals surface area (Å²) in [7, 11) is 0. The second-order valence-corrected chi connectivity index (χ2v) is 6.78. The first-order chi connectivity index (χ1) is 10.0. The van der Waals surface area contributed by atoms with Gasteiger partial charge in [0.15, 0.2) is 0 Å². The van der Waals surface area contributed by atoms with Gasteiger partial charge in [0, 0.05) is 18.6 Å². The highest BCUT2D eigenvalue weighted by atomic mass is 15.2. The maximum absolute atomic E-state index is 3.65. The van der Waals surface area contributed by atoms with Crippen LogP contribution in [0.1, 0.15) is 61.4 Å². The van der Waals surface area contributed by atoms with E-state index in [1.165, 1.54) is 61.2 Å². The second-order valence-electron chi connectivity index (χ2n) is 6.78. The van der Waals surface area contributed by atoms with Crippen molar-refractivity contribution in [1.82, 2.24) is 10.2 Å². The largest absolute Gasteiger partial charge is 0.313 e. The van der Waals surface area contributed by atoms with E-state index in [-0.39, 0.29) is 0 Å². The Balaban J connectivity index is 2.18. The Morgan fingerprint density at radius 2 is 1.90 bits per heavy atom. The first-order valence-corrected chi connectivity index (χ1v) is 8.58. The molecule has 0 aromatic heterocycles. The Morgan fingerprint density at radius 1 is 1.24 bits per heavy atom. The summed E-state index contributed by atoms with van der Waals surface area (Å²) >= 11 is 0. The molecule has 2 atom stereocenters. The van der Waals surface area contributed by atoms with Crippen molar-refractivity contribution in [3.05, 3.63) is 34.4 Å². The van der Waals surface area contributed by atoms with Gasteiger partial charge in [0.2, 0.25) is 0 Å². The van der Waals surface area contributed by atoms with Crippen LogP contribution in [0.5, 0.6) is 0 Å². The van der Waals surface area contributed by atoms with Crippen molar-refractivity contribution in [3.8, 4) is 0 Å². The molecule has 21 heavy (non-hydrogen) atoms. The van der Waals surface area contributed by atoms with Crippen LogP contribution >= 0.6 is 0 Å². The molecule has 1 saturated heterocycles. The molecule has 2 rings (SSSR count). The minimum Gasteiger partial charge on any atom is -0.313 e. The number of aryl methyl sites for hydroxylation is 3. The summed E-state index contributed by atoms with van der Waals surface area (Å²) in [5, 5.41) is 3.65. The normalized spacial score (nSPS) is 20.2. The van der Waals surface area contributed by atoms with Crippen LogP contribution < -0.4 is 5.32 Å². The Kier molecular flexibility index (Phi) is 5.83. The second kappa shape index (κ2) is 7.42. The van der Waals surface area contributed by atoms with Gasteiger partial charge < -0.3 is 5.32 Å². The fourth-order valence-electron chi connectivity index (χ4n) is 3.96. The molecule has 1 aliphatic rings. The predicted molar refractivity (Wildman–Crippen MR) is 92.0 cm³/mol. The number of benzene rings is 1. The van der Waals surface area contributed by atoms with Gasteiger partial charge in [-0.3, -0.25) is 4.90 Å². The van der Waals surface area contributed by atoms with Gasteiger partial charge in [-0.2, -0.15) is 0 Å². The first-order valence-electron chi connectivity index (χ1n) is 8.58. The highest BCUT2D eigenvalue weighted by Gasteiger charge is 2.23. The van der Waals surface area contributed by atoms with E-state index in [2.05, 4.69) is 57.0 Å². The summed E-state index contributed by atoms with van der Waals surface area (Å²) < 4.78 is 0. The molecule has 1 aromatic rings. The van der Waals surface area contributed by atoms with E-state index < -0.39 is 0 Å². The Hall–Kier alpha value is -0.860. The van der Waals surface area contributed by atoms with Crippen molar-refractivity contribution in [2.24, 2.45) is 0 Å². The molecule has 2 heteroatoms. The molecule has 0 bridgehead atoms. The van der Waals surface area contributed by atoms with Crippen LogP contribution in [-0.2, 0) is 0 Å². The fourth-order valence-corrected chi connectivity index (χ4v) is 3.96. The van der Waals surface area contributed by atoms with E-state index in [4.69, 9.17) is 0 Å². The lowest BCUT2D eigenvalue weighted by Gasteiger charge is -2.33. The van der Waals surface area contributed by atoms with Gasteiger partial charge in [0.1, 0.15) is 0 Å². The summed E-state index contributed by atoms with van der Waals surface area (Å²) in [6, 6.07) is 5.85. The molecule has 0 spiro atoms. The quantitative estimate of drug-likeness (QED) is 0.846. The van der Waals surface area contributed by atoms with Gasteiger partial charge in [0.05, 0.1) is 0 Å². The van der Waals surface area contributed by atoms with Crippen LogP contribution in [0.4, 0.5) is 0 Å². The van der Waals surface area contributed by atoms with Crippen molar-refractivity contribution < 1.29 is 0 Å². The van der Waals surface area contributed by atoms with Gasteiger partial charge in [-0.05, 0) is 76.7 Å². The van der Waals surface area contributed by atoms with E-state index in [1.807, 2.05) is 0 Å². The van der Waals surface area contributed by atoms with Crippen molar-refractivity contribution in [3.63, 3.8) is 0 Å². The van der Waals surface area contributed by atoms with E-state index in [0.29, 0.717) is 12.1 Å². The molecule has 1 heterocycles. The minimum absolute atomic E-state index is 0.507. The highest BCUT2D eigenvalue weighted by Crippen LogP contribution is 2.28. The molecule has 1 fully saturated rings. The van der Waals surface area contributed by atoms with Crippen LogP contribution in [0.15, 0.2) is 12.1 Å². The maximum Gasteiger partial charge on any atom is 0.0325 e. The first kappa shape index (κ1) is 16.5. The maximum atomic E-state index is 3.65. The zero-order valence-electron chi connectivity index (χ0n) is 14.5. The molecule has 1 N–H and O–H groups in total. The Bertz CT molecular complexity index is 438. The molecule has 2 nitrogen and oxygen atoms in total. The lowest BCUT2D eigenvalue weighted by atomic mass is 9.93. The van der Waals surface area contributed by atoms with Crippen molar-refractivity contribution in [2.75, 3.05) is 19.6 Å². The average Bonchev–Trinajstić information content (AvgIpc) is 2.89. The number of nitrogens with zero attached hydrogens (tertiary/aromatic N) is 1. The Morgan fingerprint density at radius 3 is 2.43 bits per heavy atom. The SMILES string of the molecule is CCCN(CC1CCCN1)C(C)c1c(C)cc(C)cc1C. The molecular formula is C19H32N2. The molecule has 2 unspecified atom stereocenters. The smallest absolute Gasteiger partial charge is 0.0325 e. The van der Waals surface area contributed by atoms with E-state index >= 15 is 0 Å². The van der Waals surface area contributed by atoms with Crippen molar-refractivity contribution >= 4 is 0 Å². The average molecular weight is 288 g/mol. The third-order valence-corrected chi connectivity index (χ3v) is 4.83. The third-order valence-electron chi connectivity index (χ3n) is 4.83. The number of rotatable bonds is 6. The van der Waals surface area contributed by atoms with Gasteiger partial charge in [-0.15, -0.1) is 0 Å². The zero-order valence-corrected chi connectivity index (χ0v) is 14.5. The molecule has 0 saturated carbocycles. The van der Waals surface area contributed by atoms with Crippen LogP contribution in [-0.4, -0.2) is 30.6 Å². The van der Waals surface area contributed by atoms with E-state index in [9.17, 15) is 0 Å². The van der Waals surface area contributed by atoms with Gasteiger partial charge in [0.25, 0.3) is 0 Å². The summed E-state index contributed by atoms with van der Waals surface area (Å²) in [5.74, 6) is 0. The standard InChI is InChI=1S/C19H32N2/c1-6-10-21(13-18-8-7-9-20-18)17(5)19-15(3)11-14(2)12-16(19)4/h11-12,17-18,20H,6-10,13H2,1-5H3. The molecule has 118 valence electrons. The van der Waals surface area contributed by atoms with Crippen molar-refractivity contribution in [2.45, 2.75) is 66.0 Å². The van der Waals surface area contributed by atoms with Crippen LogP contribution in [0.25, 0.3) is 0 Å². The van der Waals surface area contributed by atoms with Crippen LogP contribution in [0.3, 0.4) is 0 Å². The summed E-state index contributed by atoms with van der Waals surface area (Å²) in [4.78, 5) is 2.67. The van der Waals surface area contributed by atoms with E-state index in [0.717, 1.165) is 0 Å². The molecule has 0 radical (unpaired) electrons. The molecule has 0 aliphatic carbocycles. The number of hydrogen-bond acceptors (Lipinski definition) is 2. The van der Waals surface area contributed by atoms with Gasteiger partial charge in [-0.1, -0.05) is 24.6 Å². The highest BCUT2D eigenvalue weighted by molar-refractivity contribution is 5.39. The molecular weight excluding hydrogens is 256 g/mol. The summed E-state index contributed by atoms with van der Waals surface area (Å²) in [6.45, 7) is 15.0. The third kappa shape index (κ3) is 4.08. The predicted octanol–water partition coefficient (Wildman–Crippen LogP) is 4.14. The van der Waals surface area contributed by atoms with Gasteiger partial charge in [-0.25, -0.2) is 0 Å². The minimum atomic E-state index is 0.507. The Labute approximate surface area is 130 Å². The summed E-state index contributed by atoms with van der Waals surface area (Å²) in [6.07, 6.45) is 3.89. The van der Waals surface area contributed by atoms with Gasteiger partial charge >= 0.3 is 0 Å². The van der Waals surface area contributed by atoms with E-state index in [1.54, 1.807) is 0 Å². The fraction of sp³-hybridized carbons (Fsp3) is 0.684. The number of hydrogen-bond donors (Lipinski definition) is 1. The van der Waals surface area contributed by atoms with Crippen LogP contribution in [0, 0.1) is 20.8 Å². The van der Waals surface area contributed by atoms with Crippen molar-refractivity contribution in [1.29, 1.82) is 0 Å². The van der Waals surface area contributed by atoms with Crippen LogP contribution in [0.2, 0.25) is 0 Å². The molecule has 0 amide bonds. The molecule has 1 aromatic carbocycles. The lowest BCUT2D eigenvalue weighted by Crippen LogP contribution is -2.39. The lowest BCUT2D eigenvalue weighted by molar-refractivity contribution is 0.191. The topological polar surface area (TPSA) is 15.3 Å². The summed E-state index contributed by atoms with van der Waals surface area (Å²) in [5.41, 5.74) is 5.80. The zero-order chi connectivity index (χ0) is 15.4. The molecule has 1 aliphatic heterocycles. The number of nitrogens with one attached hydrogen (secondary N) is 1. The monoisotopic (exact) mass is 288 g/mol.